The number of nitrogens with one attached hydrogen (secondary N) is 1. The van der Waals surface area contributed by atoms with Gasteiger partial charge in [-0.2, -0.15) is 0 Å². The van der Waals surface area contributed by atoms with E-state index in [-0.39, 0.29) is 12.2 Å². The van der Waals surface area contributed by atoms with E-state index in [1.165, 1.54) is 11.3 Å². The maximum Gasteiger partial charge on any atom is 0.344 e. The van der Waals surface area contributed by atoms with Crippen LogP contribution in [0, 0.1) is 20.8 Å². The van der Waals surface area contributed by atoms with Crippen LogP contribution in [-0.2, 0) is 17.8 Å². The van der Waals surface area contributed by atoms with Crippen LogP contribution >= 0.6 is 11.3 Å². The molecular weight excluding hydrogens is 330 g/mol. The minimum atomic E-state index is -0.535. The van der Waals surface area contributed by atoms with E-state index in [9.17, 15) is 9.59 Å². The Morgan fingerprint density at radius 3 is 2.79 bits per heavy atom. The summed E-state index contributed by atoms with van der Waals surface area (Å²) in [4.78, 5) is 33.2. The van der Waals surface area contributed by atoms with E-state index in [1.807, 2.05) is 20.8 Å². The maximum absolute atomic E-state index is 12.2. The largest absolute Gasteiger partial charge is 0.454 e. The number of thiophene rings is 1. The van der Waals surface area contributed by atoms with Crippen molar-refractivity contribution in [2.45, 2.75) is 40.7 Å². The number of ether oxygens (including phenoxy) is 1. The second-order valence-corrected chi connectivity index (χ2v) is 6.67. The van der Waals surface area contributed by atoms with Crippen LogP contribution in [0.15, 0.2) is 9.32 Å². The van der Waals surface area contributed by atoms with Gasteiger partial charge in [-0.1, -0.05) is 12.1 Å². The van der Waals surface area contributed by atoms with E-state index in [0.29, 0.717) is 39.5 Å². The van der Waals surface area contributed by atoms with Gasteiger partial charge in [-0.15, -0.1) is 11.3 Å². The van der Waals surface area contributed by atoms with Crippen LogP contribution in [0.3, 0.4) is 0 Å². The summed E-state index contributed by atoms with van der Waals surface area (Å²) < 4.78 is 10.3. The Morgan fingerprint density at radius 1 is 1.33 bits per heavy atom. The lowest BCUT2D eigenvalue weighted by molar-refractivity contribution is 0.0459. The third-order valence-corrected chi connectivity index (χ3v) is 5.00. The van der Waals surface area contributed by atoms with E-state index in [0.717, 1.165) is 10.4 Å². The number of H-pyrrole nitrogens is 1. The molecule has 0 fully saturated rings. The molecule has 8 heteroatoms. The van der Waals surface area contributed by atoms with Gasteiger partial charge in [0.25, 0.3) is 5.56 Å². The first-order chi connectivity index (χ1) is 11.4. The predicted molar refractivity (Wildman–Crippen MR) is 89.5 cm³/mol. The van der Waals surface area contributed by atoms with Crippen molar-refractivity contribution in [1.29, 1.82) is 0 Å². The summed E-state index contributed by atoms with van der Waals surface area (Å²) in [5.41, 5.74) is 1.60. The molecule has 0 saturated heterocycles. The fraction of sp³-hybridized carbons (Fsp3) is 0.375. The average molecular weight is 347 g/mol. The second kappa shape index (κ2) is 6.20. The van der Waals surface area contributed by atoms with Gasteiger partial charge in [0.1, 0.15) is 28.6 Å². The molecule has 0 atom stereocenters. The van der Waals surface area contributed by atoms with Crippen molar-refractivity contribution in [3.05, 3.63) is 43.6 Å². The molecule has 0 saturated carbocycles. The summed E-state index contributed by atoms with van der Waals surface area (Å²) in [7, 11) is 0. The molecule has 3 rings (SSSR count). The Hall–Kier alpha value is -2.48. The minimum absolute atomic E-state index is 0.117. The molecule has 0 radical (unpaired) electrons. The van der Waals surface area contributed by atoms with Gasteiger partial charge in [0, 0.05) is 4.88 Å². The molecule has 0 bridgehead atoms. The van der Waals surface area contributed by atoms with E-state index >= 15 is 0 Å². The average Bonchev–Trinajstić information content (AvgIpc) is 3.05. The van der Waals surface area contributed by atoms with E-state index < -0.39 is 5.97 Å². The minimum Gasteiger partial charge on any atom is -0.454 e. The Kier molecular flexibility index (Phi) is 4.23. The number of carbonyl (C=O) groups is 1. The molecule has 0 aromatic carbocycles. The number of esters is 1. The third-order valence-electron chi connectivity index (χ3n) is 3.90. The van der Waals surface area contributed by atoms with Crippen LogP contribution in [0.25, 0.3) is 10.2 Å². The first-order valence-electron chi connectivity index (χ1n) is 7.53. The monoisotopic (exact) mass is 347 g/mol. The summed E-state index contributed by atoms with van der Waals surface area (Å²) in [5.74, 6) is 0.194. The zero-order chi connectivity index (χ0) is 17.4. The van der Waals surface area contributed by atoms with Crippen molar-refractivity contribution < 1.29 is 14.1 Å². The van der Waals surface area contributed by atoms with Gasteiger partial charge < -0.3 is 14.2 Å². The molecule has 0 aliphatic rings. The number of aromatic nitrogens is 3. The highest BCUT2D eigenvalue weighted by molar-refractivity contribution is 7.18. The van der Waals surface area contributed by atoms with Crippen molar-refractivity contribution in [2.75, 3.05) is 0 Å². The Morgan fingerprint density at radius 2 is 2.08 bits per heavy atom. The molecule has 3 aromatic rings. The Balaban J connectivity index is 1.84. The highest BCUT2D eigenvalue weighted by Crippen LogP contribution is 2.25. The number of aryl methyl sites for hydroxylation is 4. The van der Waals surface area contributed by atoms with Crippen molar-refractivity contribution in [3.8, 4) is 0 Å². The molecule has 126 valence electrons. The number of nitrogens with zero attached hydrogens (tertiary/aromatic N) is 2. The molecule has 0 amide bonds. The summed E-state index contributed by atoms with van der Waals surface area (Å²) >= 11 is 1.45. The molecule has 3 heterocycles. The van der Waals surface area contributed by atoms with Gasteiger partial charge in [0.2, 0.25) is 0 Å². The topological polar surface area (TPSA) is 98.1 Å². The fourth-order valence-electron chi connectivity index (χ4n) is 2.49. The van der Waals surface area contributed by atoms with Crippen molar-refractivity contribution in [1.82, 2.24) is 15.1 Å². The Labute approximate surface area is 141 Å². The smallest absolute Gasteiger partial charge is 0.344 e. The summed E-state index contributed by atoms with van der Waals surface area (Å²) in [6.07, 6.45) is 0.566. The zero-order valence-electron chi connectivity index (χ0n) is 13.8. The Bertz CT molecular complexity index is 983. The number of carbonyl (C=O) groups excluding carboxylic acids is 1. The molecule has 3 aromatic heterocycles. The number of fused-ring (bicyclic) bond motifs is 1. The number of rotatable bonds is 4. The summed E-state index contributed by atoms with van der Waals surface area (Å²) in [5, 5.41) is 4.42. The first-order valence-corrected chi connectivity index (χ1v) is 8.35. The van der Waals surface area contributed by atoms with Gasteiger partial charge in [0.05, 0.1) is 11.1 Å². The normalized spacial score (nSPS) is 11.2. The quantitative estimate of drug-likeness (QED) is 0.729. The molecule has 0 aliphatic heterocycles. The molecule has 0 aliphatic carbocycles. The van der Waals surface area contributed by atoms with Crippen LogP contribution in [0.5, 0.6) is 0 Å². The van der Waals surface area contributed by atoms with Crippen LogP contribution in [0.4, 0.5) is 0 Å². The lowest BCUT2D eigenvalue weighted by Crippen LogP contribution is -2.15. The highest BCUT2D eigenvalue weighted by atomic mass is 32.1. The standard InChI is InChI=1S/C16H17N3O4S/c1-5-10-13(8(3)23-19-10)16(21)22-6-11-17-14(20)12-7(2)9(4)24-15(12)18-11/h5-6H2,1-4H3,(H,17,18,20). The van der Waals surface area contributed by atoms with Gasteiger partial charge in [-0.05, 0) is 32.8 Å². The van der Waals surface area contributed by atoms with Gasteiger partial charge >= 0.3 is 5.97 Å². The van der Waals surface area contributed by atoms with E-state index in [4.69, 9.17) is 9.26 Å². The fourth-order valence-corrected chi connectivity index (χ4v) is 3.54. The molecule has 0 unspecified atom stereocenters. The second-order valence-electron chi connectivity index (χ2n) is 5.47. The number of hydrogen-bond donors (Lipinski definition) is 1. The maximum atomic E-state index is 12.2. The van der Waals surface area contributed by atoms with Crippen LogP contribution in [0.1, 0.15) is 45.0 Å². The number of aromatic amines is 1. The van der Waals surface area contributed by atoms with Crippen molar-refractivity contribution in [3.63, 3.8) is 0 Å². The van der Waals surface area contributed by atoms with Crippen LogP contribution in [0.2, 0.25) is 0 Å². The molecule has 1 N–H and O–H groups in total. The van der Waals surface area contributed by atoms with E-state index in [2.05, 4.69) is 15.1 Å². The van der Waals surface area contributed by atoms with Crippen molar-refractivity contribution in [2.24, 2.45) is 0 Å². The zero-order valence-corrected chi connectivity index (χ0v) is 14.7. The summed E-state index contributed by atoms with van der Waals surface area (Å²) in [6, 6.07) is 0. The van der Waals surface area contributed by atoms with E-state index in [1.54, 1.807) is 6.92 Å². The third kappa shape index (κ3) is 2.73. The lowest BCUT2D eigenvalue weighted by Gasteiger charge is -2.04. The first kappa shape index (κ1) is 16.4. The van der Waals surface area contributed by atoms with Crippen LogP contribution in [-0.4, -0.2) is 21.1 Å². The molecule has 0 spiro atoms. The van der Waals surface area contributed by atoms with Gasteiger partial charge in [0.15, 0.2) is 0 Å². The van der Waals surface area contributed by atoms with Crippen molar-refractivity contribution >= 4 is 27.5 Å². The van der Waals surface area contributed by atoms with Gasteiger partial charge in [-0.25, -0.2) is 9.78 Å². The predicted octanol–water partition coefficient (Wildman–Crippen LogP) is 2.82. The number of hydrogen-bond acceptors (Lipinski definition) is 7. The summed E-state index contributed by atoms with van der Waals surface area (Å²) in [6.45, 7) is 7.26. The SMILES string of the molecule is CCc1noc(C)c1C(=O)OCc1nc2sc(C)c(C)c2c(=O)[nH]1. The van der Waals surface area contributed by atoms with Gasteiger partial charge in [-0.3, -0.25) is 4.79 Å². The van der Waals surface area contributed by atoms with Crippen LogP contribution < -0.4 is 5.56 Å². The molecule has 24 heavy (non-hydrogen) atoms. The molecule has 7 nitrogen and oxygen atoms in total. The highest BCUT2D eigenvalue weighted by Gasteiger charge is 2.21. The lowest BCUT2D eigenvalue weighted by atomic mass is 10.1. The molecular formula is C16H17N3O4S.